The van der Waals surface area contributed by atoms with Gasteiger partial charge in [-0.1, -0.05) is 0 Å². The quantitative estimate of drug-likeness (QED) is 0.730. The van der Waals surface area contributed by atoms with Gasteiger partial charge in [0.2, 0.25) is 5.88 Å². The Morgan fingerprint density at radius 2 is 1.92 bits per heavy atom. The van der Waals surface area contributed by atoms with Crippen molar-refractivity contribution >= 4 is 16.9 Å². The Hall–Kier alpha value is -3.09. The van der Waals surface area contributed by atoms with Crippen molar-refractivity contribution in [2.24, 2.45) is 0 Å². The molecule has 0 aliphatic carbocycles. The molecule has 0 N–H and O–H groups in total. The minimum Gasteiger partial charge on any atom is -0.471 e. The lowest BCUT2D eigenvalue weighted by atomic mass is 10.1. The fourth-order valence-corrected chi connectivity index (χ4v) is 2.80. The van der Waals surface area contributed by atoms with Crippen molar-refractivity contribution in [2.45, 2.75) is 12.5 Å². The van der Waals surface area contributed by atoms with E-state index in [9.17, 15) is 4.79 Å². The molecule has 120 valence electrons. The van der Waals surface area contributed by atoms with Crippen LogP contribution in [0.25, 0.3) is 11.0 Å². The van der Waals surface area contributed by atoms with E-state index in [1.165, 1.54) is 0 Å². The van der Waals surface area contributed by atoms with Crippen LogP contribution < -0.4 is 4.74 Å². The Morgan fingerprint density at radius 1 is 1.08 bits per heavy atom. The van der Waals surface area contributed by atoms with Crippen molar-refractivity contribution in [3.63, 3.8) is 0 Å². The molecule has 24 heavy (non-hydrogen) atoms. The summed E-state index contributed by atoms with van der Waals surface area (Å²) in [5.41, 5.74) is 2.11. The molecule has 0 bridgehead atoms. The minimum absolute atomic E-state index is 0.0206. The smallest absolute Gasteiger partial charge is 0.254 e. The summed E-state index contributed by atoms with van der Waals surface area (Å²) in [7, 11) is 0. The third-order valence-corrected chi connectivity index (χ3v) is 3.98. The summed E-state index contributed by atoms with van der Waals surface area (Å²) in [6.07, 6.45) is 8.73. The van der Waals surface area contributed by atoms with Gasteiger partial charge in [-0.3, -0.25) is 19.7 Å². The van der Waals surface area contributed by atoms with Crippen LogP contribution in [0.4, 0.5) is 0 Å². The van der Waals surface area contributed by atoms with Crippen LogP contribution in [0.2, 0.25) is 0 Å². The molecule has 1 amide bonds. The fourth-order valence-electron chi connectivity index (χ4n) is 2.80. The molecule has 0 saturated carbocycles. The molecule has 7 heteroatoms. The molecule has 1 atom stereocenters. The molecule has 3 heterocycles. The number of benzene rings is 1. The summed E-state index contributed by atoms with van der Waals surface area (Å²) in [6.45, 7) is 1.19. The van der Waals surface area contributed by atoms with E-state index in [-0.39, 0.29) is 12.0 Å². The maximum Gasteiger partial charge on any atom is 0.254 e. The fraction of sp³-hybridized carbons (Fsp3) is 0.235. The van der Waals surface area contributed by atoms with E-state index in [2.05, 4.69) is 19.9 Å². The van der Waals surface area contributed by atoms with Gasteiger partial charge in [-0.2, -0.15) is 0 Å². The molecule has 0 spiro atoms. The number of amides is 1. The van der Waals surface area contributed by atoms with Gasteiger partial charge in [0.1, 0.15) is 6.10 Å². The second kappa shape index (κ2) is 6.19. The molecule has 1 fully saturated rings. The normalized spacial score (nSPS) is 17.2. The summed E-state index contributed by atoms with van der Waals surface area (Å²) >= 11 is 0. The molecule has 1 aliphatic rings. The highest BCUT2D eigenvalue weighted by atomic mass is 16.5. The predicted octanol–water partition coefficient (Wildman–Crippen LogP) is 1.71. The zero-order valence-electron chi connectivity index (χ0n) is 12.9. The van der Waals surface area contributed by atoms with Crippen molar-refractivity contribution < 1.29 is 9.53 Å². The van der Waals surface area contributed by atoms with E-state index in [4.69, 9.17) is 4.74 Å². The van der Waals surface area contributed by atoms with Gasteiger partial charge >= 0.3 is 0 Å². The zero-order valence-corrected chi connectivity index (χ0v) is 12.9. The van der Waals surface area contributed by atoms with Crippen LogP contribution in [-0.4, -0.2) is 49.9 Å². The Bertz CT molecular complexity index is 871. The van der Waals surface area contributed by atoms with Crippen molar-refractivity contribution in [2.75, 3.05) is 13.1 Å². The Balaban J connectivity index is 1.46. The van der Waals surface area contributed by atoms with Crippen LogP contribution in [0.1, 0.15) is 16.8 Å². The monoisotopic (exact) mass is 321 g/mol. The van der Waals surface area contributed by atoms with Crippen LogP contribution in [0.15, 0.2) is 49.2 Å². The van der Waals surface area contributed by atoms with Crippen molar-refractivity contribution in [1.82, 2.24) is 24.8 Å². The molecule has 7 nitrogen and oxygen atoms in total. The number of hydrogen-bond acceptors (Lipinski definition) is 6. The predicted molar refractivity (Wildman–Crippen MR) is 86.5 cm³/mol. The highest BCUT2D eigenvalue weighted by Gasteiger charge is 2.28. The van der Waals surface area contributed by atoms with E-state index in [0.29, 0.717) is 24.5 Å². The average Bonchev–Trinajstić information content (AvgIpc) is 3.10. The number of carbonyl (C=O) groups is 1. The standard InChI is InChI=1S/C17H15N5O2/c23-17(12-1-2-14-15(9-12)20-7-6-19-14)22-8-3-13(11-22)24-16-10-18-4-5-21-16/h1-2,4-7,9-10,13H,3,8,11H2. The van der Waals surface area contributed by atoms with Gasteiger partial charge in [-0.05, 0) is 18.2 Å². The number of nitrogens with zero attached hydrogens (tertiary/aromatic N) is 5. The number of rotatable bonds is 3. The SMILES string of the molecule is O=C(c1ccc2nccnc2c1)N1CCC(Oc2cnccn2)C1. The first-order valence-electron chi connectivity index (χ1n) is 7.72. The van der Waals surface area contributed by atoms with E-state index in [1.54, 1.807) is 48.0 Å². The van der Waals surface area contributed by atoms with Gasteiger partial charge in [0.15, 0.2) is 0 Å². The van der Waals surface area contributed by atoms with Crippen LogP contribution in [0.3, 0.4) is 0 Å². The first-order valence-corrected chi connectivity index (χ1v) is 7.72. The Morgan fingerprint density at radius 3 is 2.75 bits per heavy atom. The van der Waals surface area contributed by atoms with Gasteiger partial charge in [0.25, 0.3) is 5.91 Å². The second-order valence-corrected chi connectivity index (χ2v) is 5.58. The van der Waals surface area contributed by atoms with E-state index in [0.717, 1.165) is 17.5 Å². The molecule has 0 radical (unpaired) electrons. The number of carbonyl (C=O) groups excluding carboxylic acids is 1. The highest BCUT2D eigenvalue weighted by molar-refractivity contribution is 5.97. The van der Waals surface area contributed by atoms with E-state index < -0.39 is 0 Å². The van der Waals surface area contributed by atoms with Crippen LogP contribution in [-0.2, 0) is 0 Å². The molecule has 2 aromatic heterocycles. The van der Waals surface area contributed by atoms with Gasteiger partial charge in [0, 0.05) is 43.3 Å². The van der Waals surface area contributed by atoms with Crippen LogP contribution >= 0.6 is 0 Å². The number of hydrogen-bond donors (Lipinski definition) is 0. The molecule has 3 aromatic rings. The molecule has 1 aliphatic heterocycles. The molecule has 1 saturated heterocycles. The van der Waals surface area contributed by atoms with Crippen molar-refractivity contribution in [3.05, 3.63) is 54.7 Å². The first kappa shape index (κ1) is 14.5. The molecule has 1 aromatic carbocycles. The third-order valence-electron chi connectivity index (χ3n) is 3.98. The number of aromatic nitrogens is 4. The largest absolute Gasteiger partial charge is 0.471 e. The van der Waals surface area contributed by atoms with E-state index in [1.807, 2.05) is 6.07 Å². The molecular formula is C17H15N5O2. The summed E-state index contributed by atoms with van der Waals surface area (Å²) in [4.78, 5) is 31.0. The second-order valence-electron chi connectivity index (χ2n) is 5.58. The molecule has 1 unspecified atom stereocenters. The van der Waals surface area contributed by atoms with Gasteiger partial charge < -0.3 is 9.64 Å². The average molecular weight is 321 g/mol. The maximum absolute atomic E-state index is 12.7. The van der Waals surface area contributed by atoms with Gasteiger partial charge in [-0.15, -0.1) is 0 Å². The number of fused-ring (bicyclic) bond motifs is 1. The summed E-state index contributed by atoms with van der Waals surface area (Å²) in [6, 6.07) is 5.39. The topological polar surface area (TPSA) is 81.1 Å². The lowest BCUT2D eigenvalue weighted by Gasteiger charge is -2.17. The number of likely N-dealkylation sites (tertiary alicyclic amines) is 1. The van der Waals surface area contributed by atoms with Gasteiger partial charge in [0.05, 0.1) is 23.8 Å². The van der Waals surface area contributed by atoms with Crippen LogP contribution in [0, 0.1) is 0 Å². The summed E-state index contributed by atoms with van der Waals surface area (Å²) < 4.78 is 5.77. The Labute approximate surface area is 138 Å². The first-order chi connectivity index (χ1) is 11.8. The van der Waals surface area contributed by atoms with Crippen LogP contribution in [0.5, 0.6) is 5.88 Å². The molecular weight excluding hydrogens is 306 g/mol. The highest BCUT2D eigenvalue weighted by Crippen LogP contribution is 2.19. The van der Waals surface area contributed by atoms with Crippen molar-refractivity contribution in [1.29, 1.82) is 0 Å². The summed E-state index contributed by atoms with van der Waals surface area (Å²) in [5, 5.41) is 0. The van der Waals surface area contributed by atoms with Gasteiger partial charge in [-0.25, -0.2) is 4.98 Å². The van der Waals surface area contributed by atoms with E-state index >= 15 is 0 Å². The minimum atomic E-state index is -0.0640. The lowest BCUT2D eigenvalue weighted by molar-refractivity contribution is 0.0771. The zero-order chi connectivity index (χ0) is 16.4. The third kappa shape index (κ3) is 2.88. The lowest BCUT2D eigenvalue weighted by Crippen LogP contribution is -2.31. The van der Waals surface area contributed by atoms with Crippen molar-refractivity contribution in [3.8, 4) is 5.88 Å². The maximum atomic E-state index is 12.7. The molecule has 4 rings (SSSR count). The Kier molecular flexibility index (Phi) is 3.74. The summed E-state index contributed by atoms with van der Waals surface area (Å²) in [5.74, 6) is 0.463. The number of ether oxygens (including phenoxy) is 1.